The van der Waals surface area contributed by atoms with Crippen LogP contribution in [0.1, 0.15) is 52.1 Å². The maximum atomic E-state index is 13.6. The largest absolute Gasteiger partial charge is 0.454 e. The Hall–Kier alpha value is -3.63. The number of carbonyl (C=O) groups excluding carboxylic acids is 1. The van der Waals surface area contributed by atoms with Gasteiger partial charge in [-0.2, -0.15) is 4.31 Å². The number of carbonyl (C=O) groups is 1. The molecule has 10 heteroatoms. The van der Waals surface area contributed by atoms with Crippen molar-refractivity contribution in [1.29, 1.82) is 0 Å². The molecular weight excluding hydrogens is 518 g/mol. The summed E-state index contributed by atoms with van der Waals surface area (Å²) < 4.78 is 44.8. The molecule has 3 heterocycles. The van der Waals surface area contributed by atoms with E-state index in [-0.39, 0.29) is 42.4 Å². The molecule has 206 valence electrons. The Morgan fingerprint density at radius 1 is 1.03 bits per heavy atom. The number of sulfonamides is 1. The van der Waals surface area contributed by atoms with Gasteiger partial charge in [-0.3, -0.25) is 4.79 Å². The van der Waals surface area contributed by atoms with E-state index in [1.165, 1.54) is 9.87 Å². The van der Waals surface area contributed by atoms with Gasteiger partial charge in [0.15, 0.2) is 22.2 Å². The first-order valence-electron chi connectivity index (χ1n) is 13.0. The van der Waals surface area contributed by atoms with Crippen LogP contribution in [-0.2, 0) is 21.4 Å². The summed E-state index contributed by atoms with van der Waals surface area (Å²) in [7, 11) is -3.85. The Labute approximate surface area is 228 Å². The Bertz CT molecular complexity index is 1510. The van der Waals surface area contributed by atoms with E-state index in [0.29, 0.717) is 36.6 Å². The highest BCUT2D eigenvalue weighted by Gasteiger charge is 2.36. The fourth-order valence-electron chi connectivity index (χ4n) is 5.28. The molecule has 1 aromatic heterocycles. The molecule has 2 aliphatic heterocycles. The van der Waals surface area contributed by atoms with Crippen molar-refractivity contribution in [2.24, 2.45) is 5.92 Å². The first-order valence-corrected chi connectivity index (χ1v) is 14.5. The van der Waals surface area contributed by atoms with Crippen LogP contribution >= 0.6 is 0 Å². The number of amides is 1. The number of hydrogen-bond acceptors (Lipinski definition) is 7. The SMILES string of the molecule is Cc1cc(C)c(C=Cc2onc(C)c2S(=O)(=O)N2CCC(C(=O)NCc3ccc4c(c3)OCO4)CC2)c(C)c1. The van der Waals surface area contributed by atoms with E-state index in [1.807, 2.05) is 45.0 Å². The summed E-state index contributed by atoms with van der Waals surface area (Å²) in [6.07, 6.45) is 4.42. The van der Waals surface area contributed by atoms with Gasteiger partial charge >= 0.3 is 0 Å². The van der Waals surface area contributed by atoms with Crippen molar-refractivity contribution in [3.8, 4) is 11.5 Å². The quantitative estimate of drug-likeness (QED) is 0.459. The van der Waals surface area contributed by atoms with Crippen LogP contribution in [0.5, 0.6) is 11.5 Å². The zero-order chi connectivity index (χ0) is 27.7. The molecule has 1 saturated heterocycles. The highest BCUT2D eigenvalue weighted by Crippen LogP contribution is 2.33. The number of hydrogen-bond donors (Lipinski definition) is 1. The van der Waals surface area contributed by atoms with Gasteiger partial charge < -0.3 is 19.3 Å². The molecule has 1 N–H and O–H groups in total. The summed E-state index contributed by atoms with van der Waals surface area (Å²) >= 11 is 0. The molecule has 0 aliphatic carbocycles. The van der Waals surface area contributed by atoms with Crippen LogP contribution in [0.2, 0.25) is 0 Å². The summed E-state index contributed by atoms with van der Waals surface area (Å²) in [4.78, 5) is 12.9. The molecule has 5 rings (SSSR count). The molecule has 1 fully saturated rings. The monoisotopic (exact) mass is 551 g/mol. The second-order valence-electron chi connectivity index (χ2n) is 10.2. The number of rotatable bonds is 7. The van der Waals surface area contributed by atoms with Crippen molar-refractivity contribution in [2.75, 3.05) is 19.9 Å². The average Bonchev–Trinajstić information content (AvgIpc) is 3.52. The fourth-order valence-corrected chi connectivity index (χ4v) is 7.00. The lowest BCUT2D eigenvalue weighted by atomic mass is 9.97. The number of fused-ring (bicyclic) bond motifs is 1. The van der Waals surface area contributed by atoms with Crippen LogP contribution in [-0.4, -0.2) is 43.7 Å². The minimum atomic E-state index is -3.85. The minimum Gasteiger partial charge on any atom is -0.454 e. The molecule has 0 atom stereocenters. The van der Waals surface area contributed by atoms with Gasteiger partial charge in [-0.05, 0) is 81.0 Å². The lowest BCUT2D eigenvalue weighted by molar-refractivity contribution is -0.126. The van der Waals surface area contributed by atoms with Crippen molar-refractivity contribution in [2.45, 2.75) is 52.0 Å². The van der Waals surface area contributed by atoms with Crippen LogP contribution in [0.3, 0.4) is 0 Å². The fraction of sp³-hybridized carbons (Fsp3) is 0.379. The molecule has 0 spiro atoms. The molecule has 39 heavy (non-hydrogen) atoms. The van der Waals surface area contributed by atoms with Crippen molar-refractivity contribution < 1.29 is 27.2 Å². The van der Waals surface area contributed by atoms with Crippen molar-refractivity contribution in [1.82, 2.24) is 14.8 Å². The molecule has 0 radical (unpaired) electrons. The highest BCUT2D eigenvalue weighted by molar-refractivity contribution is 7.89. The minimum absolute atomic E-state index is 0.0758. The Morgan fingerprint density at radius 3 is 2.44 bits per heavy atom. The summed E-state index contributed by atoms with van der Waals surface area (Å²) in [5.41, 5.74) is 5.62. The summed E-state index contributed by atoms with van der Waals surface area (Å²) in [5, 5.41) is 6.92. The number of benzene rings is 2. The first-order chi connectivity index (χ1) is 18.6. The number of nitrogens with one attached hydrogen (secondary N) is 1. The number of ether oxygens (including phenoxy) is 2. The second kappa shape index (κ2) is 10.9. The summed E-state index contributed by atoms with van der Waals surface area (Å²) in [5.74, 6) is 1.22. The number of aromatic nitrogens is 1. The topological polar surface area (TPSA) is 111 Å². The van der Waals surface area contributed by atoms with Crippen LogP contribution in [0.25, 0.3) is 12.2 Å². The molecule has 2 aliphatic rings. The smallest absolute Gasteiger partial charge is 0.248 e. The number of piperidine rings is 1. The van der Waals surface area contributed by atoms with Crippen LogP contribution in [0.4, 0.5) is 0 Å². The van der Waals surface area contributed by atoms with E-state index in [0.717, 1.165) is 22.3 Å². The van der Waals surface area contributed by atoms with Gasteiger partial charge in [0.1, 0.15) is 5.69 Å². The number of aryl methyl sites for hydroxylation is 4. The van der Waals surface area contributed by atoms with Crippen LogP contribution < -0.4 is 14.8 Å². The maximum Gasteiger partial charge on any atom is 0.248 e. The maximum absolute atomic E-state index is 13.6. The molecular formula is C29H33N3O6S. The number of nitrogens with zero attached hydrogens (tertiary/aromatic N) is 2. The summed E-state index contributed by atoms with van der Waals surface area (Å²) in [6.45, 7) is 8.78. The van der Waals surface area contributed by atoms with E-state index in [4.69, 9.17) is 14.0 Å². The first kappa shape index (κ1) is 27.0. The predicted molar refractivity (Wildman–Crippen MR) is 147 cm³/mol. The van der Waals surface area contributed by atoms with Crippen LogP contribution in [0.15, 0.2) is 39.8 Å². The van der Waals surface area contributed by atoms with E-state index in [9.17, 15) is 13.2 Å². The van der Waals surface area contributed by atoms with Gasteiger partial charge in [-0.25, -0.2) is 8.42 Å². The lowest BCUT2D eigenvalue weighted by Crippen LogP contribution is -2.43. The van der Waals surface area contributed by atoms with Gasteiger partial charge in [0.25, 0.3) is 0 Å². The van der Waals surface area contributed by atoms with Gasteiger partial charge in [0.2, 0.25) is 22.7 Å². The van der Waals surface area contributed by atoms with Gasteiger partial charge in [0, 0.05) is 25.6 Å². The Morgan fingerprint density at radius 2 is 1.72 bits per heavy atom. The average molecular weight is 552 g/mol. The molecule has 2 aromatic carbocycles. The molecule has 0 saturated carbocycles. The molecule has 0 bridgehead atoms. The van der Waals surface area contributed by atoms with E-state index in [1.54, 1.807) is 13.0 Å². The zero-order valence-electron chi connectivity index (χ0n) is 22.6. The van der Waals surface area contributed by atoms with E-state index in [2.05, 4.69) is 22.6 Å². The van der Waals surface area contributed by atoms with Gasteiger partial charge in [-0.15, -0.1) is 0 Å². The molecule has 0 unspecified atom stereocenters. The predicted octanol–water partition coefficient (Wildman–Crippen LogP) is 4.52. The normalized spacial score (nSPS) is 16.2. The molecule has 9 nitrogen and oxygen atoms in total. The Balaban J connectivity index is 1.23. The zero-order valence-corrected chi connectivity index (χ0v) is 23.4. The molecule has 3 aromatic rings. The Kier molecular flexibility index (Phi) is 7.51. The lowest BCUT2D eigenvalue weighted by Gasteiger charge is -2.30. The second-order valence-corrected chi connectivity index (χ2v) is 12.1. The van der Waals surface area contributed by atoms with Crippen molar-refractivity contribution in [3.05, 3.63) is 69.6 Å². The molecule has 1 amide bonds. The highest BCUT2D eigenvalue weighted by atomic mass is 32.2. The van der Waals surface area contributed by atoms with Crippen molar-refractivity contribution in [3.63, 3.8) is 0 Å². The van der Waals surface area contributed by atoms with E-state index < -0.39 is 10.0 Å². The standard InChI is InChI=1S/C29H33N3O6S/c1-18-13-19(2)24(20(3)14-18)6-8-26-28(21(4)31-38-26)39(34,35)32-11-9-23(10-12-32)29(33)30-16-22-5-7-25-27(15-22)37-17-36-25/h5-8,13-15,23H,9-12,16-17H2,1-4H3,(H,30,33). The third-order valence-electron chi connectivity index (χ3n) is 7.30. The van der Waals surface area contributed by atoms with Crippen molar-refractivity contribution >= 4 is 28.1 Å². The van der Waals surface area contributed by atoms with Gasteiger partial charge in [0.05, 0.1) is 0 Å². The van der Waals surface area contributed by atoms with E-state index >= 15 is 0 Å². The van der Waals surface area contributed by atoms with Crippen LogP contribution in [0, 0.1) is 33.6 Å². The van der Waals surface area contributed by atoms with Gasteiger partial charge in [-0.1, -0.05) is 35.0 Å². The third kappa shape index (κ3) is 5.58. The third-order valence-corrected chi connectivity index (χ3v) is 9.36. The summed E-state index contributed by atoms with van der Waals surface area (Å²) in [6, 6.07) is 9.74.